The molecule has 2 atom stereocenters. The van der Waals surface area contributed by atoms with Crippen molar-refractivity contribution in [3.63, 3.8) is 0 Å². The predicted octanol–water partition coefficient (Wildman–Crippen LogP) is 3.33. The number of allylic oxidation sites excluding steroid dienone is 1. The van der Waals surface area contributed by atoms with Crippen LogP contribution in [0.25, 0.3) is 0 Å². The third-order valence-electron chi connectivity index (χ3n) is 5.54. The first-order chi connectivity index (χ1) is 11.5. The molecule has 2 aliphatic carbocycles. The number of benzene rings is 1. The van der Waals surface area contributed by atoms with Gasteiger partial charge in [0.25, 0.3) is 0 Å². The van der Waals surface area contributed by atoms with Gasteiger partial charge in [0.2, 0.25) is 0 Å². The second-order valence-electron chi connectivity index (χ2n) is 6.70. The first-order valence-electron chi connectivity index (χ1n) is 8.70. The number of ether oxygens (including phenoxy) is 1. The number of esters is 1. The van der Waals surface area contributed by atoms with Gasteiger partial charge in [0.1, 0.15) is 0 Å². The van der Waals surface area contributed by atoms with E-state index in [-0.39, 0.29) is 11.8 Å². The zero-order chi connectivity index (χ0) is 17.3. The van der Waals surface area contributed by atoms with E-state index < -0.39 is 11.5 Å². The highest BCUT2D eigenvalue weighted by Crippen LogP contribution is 2.50. The summed E-state index contributed by atoms with van der Waals surface area (Å²) in [6.07, 6.45) is 3.12. The summed E-state index contributed by atoms with van der Waals surface area (Å²) in [5.74, 6) is -0.144. The molecule has 0 amide bonds. The Morgan fingerprint density at radius 2 is 2.00 bits per heavy atom. The number of carbonyl (C=O) groups is 2. The maximum Gasteiger partial charge on any atom is 0.338 e. The molecular weight excluding hydrogens is 304 g/mol. The second kappa shape index (κ2) is 6.52. The SMILES string of the molecule is CCOC(=O)c1ccc(C23CCC(=O)C(C)=C2CCC[C@@H]3O)cc1. The maximum atomic E-state index is 12.1. The van der Waals surface area contributed by atoms with E-state index in [1.165, 1.54) is 0 Å². The van der Waals surface area contributed by atoms with Gasteiger partial charge in [0.05, 0.1) is 18.3 Å². The normalized spacial score (nSPS) is 27.0. The molecule has 1 saturated carbocycles. The Balaban J connectivity index is 2.04. The Morgan fingerprint density at radius 1 is 1.29 bits per heavy atom. The van der Waals surface area contributed by atoms with E-state index in [1.54, 1.807) is 19.1 Å². The van der Waals surface area contributed by atoms with Crippen LogP contribution in [-0.2, 0) is 14.9 Å². The largest absolute Gasteiger partial charge is 0.462 e. The Bertz CT molecular complexity index is 686. The fourth-order valence-corrected chi connectivity index (χ4v) is 4.28. The van der Waals surface area contributed by atoms with Crippen LogP contribution in [0.1, 0.15) is 61.9 Å². The summed E-state index contributed by atoms with van der Waals surface area (Å²) in [7, 11) is 0. The van der Waals surface area contributed by atoms with Gasteiger partial charge in [-0.3, -0.25) is 4.79 Å². The number of ketones is 1. The van der Waals surface area contributed by atoms with E-state index in [0.29, 0.717) is 25.0 Å². The molecule has 1 fully saturated rings. The molecule has 1 N–H and O–H groups in total. The highest BCUT2D eigenvalue weighted by atomic mass is 16.5. The Kier molecular flexibility index (Phi) is 4.59. The van der Waals surface area contributed by atoms with Crippen molar-refractivity contribution < 1.29 is 19.4 Å². The molecule has 128 valence electrons. The fourth-order valence-electron chi connectivity index (χ4n) is 4.28. The molecule has 4 heteroatoms. The van der Waals surface area contributed by atoms with Crippen molar-refractivity contribution in [1.29, 1.82) is 0 Å². The van der Waals surface area contributed by atoms with Gasteiger partial charge in [-0.25, -0.2) is 4.79 Å². The third kappa shape index (κ3) is 2.59. The van der Waals surface area contributed by atoms with Crippen LogP contribution in [0.3, 0.4) is 0 Å². The first-order valence-corrected chi connectivity index (χ1v) is 8.70. The van der Waals surface area contributed by atoms with Gasteiger partial charge in [-0.1, -0.05) is 17.7 Å². The molecule has 0 aromatic heterocycles. The molecule has 0 heterocycles. The predicted molar refractivity (Wildman–Crippen MR) is 90.9 cm³/mol. The molecule has 0 radical (unpaired) electrons. The summed E-state index contributed by atoms with van der Waals surface area (Å²) in [5, 5.41) is 10.8. The number of aliphatic hydroxyl groups is 1. The van der Waals surface area contributed by atoms with Crippen molar-refractivity contribution in [3.05, 3.63) is 46.5 Å². The Hall–Kier alpha value is -1.94. The number of rotatable bonds is 3. The lowest BCUT2D eigenvalue weighted by Crippen LogP contribution is -2.47. The first kappa shape index (κ1) is 16.9. The standard InChI is InChI=1S/C20H24O4/c1-3-24-19(23)14-7-9-15(10-8-14)20-12-11-17(21)13(2)16(20)5-4-6-18(20)22/h7-10,18,22H,3-6,11-12H2,1-2H3/t18-,20?/m0/s1. The van der Waals surface area contributed by atoms with Gasteiger partial charge in [-0.05, 0) is 62.8 Å². The quantitative estimate of drug-likeness (QED) is 0.865. The number of hydrogen-bond acceptors (Lipinski definition) is 4. The van der Waals surface area contributed by atoms with Crippen molar-refractivity contribution in [2.45, 2.75) is 57.5 Å². The summed E-state index contributed by atoms with van der Waals surface area (Å²) < 4.78 is 5.03. The average molecular weight is 328 g/mol. The van der Waals surface area contributed by atoms with Crippen molar-refractivity contribution >= 4 is 11.8 Å². The summed E-state index contributed by atoms with van der Waals surface area (Å²) >= 11 is 0. The number of hydrogen-bond donors (Lipinski definition) is 1. The molecule has 1 unspecified atom stereocenters. The Morgan fingerprint density at radius 3 is 2.67 bits per heavy atom. The van der Waals surface area contributed by atoms with Crippen LogP contribution in [0, 0.1) is 0 Å². The second-order valence-corrected chi connectivity index (χ2v) is 6.70. The highest BCUT2D eigenvalue weighted by Gasteiger charge is 2.48. The summed E-state index contributed by atoms with van der Waals surface area (Å²) in [6, 6.07) is 7.33. The van der Waals surface area contributed by atoms with Crippen LogP contribution >= 0.6 is 0 Å². The number of Topliss-reactive ketones (excluding diaryl/α,β-unsaturated/α-hetero) is 1. The van der Waals surface area contributed by atoms with Gasteiger partial charge >= 0.3 is 5.97 Å². The van der Waals surface area contributed by atoms with Crippen LogP contribution in [0.4, 0.5) is 0 Å². The molecule has 0 aliphatic heterocycles. The van der Waals surface area contributed by atoms with E-state index in [2.05, 4.69) is 0 Å². The number of aliphatic hydroxyl groups excluding tert-OH is 1. The molecule has 1 aromatic carbocycles. The van der Waals surface area contributed by atoms with Crippen LogP contribution < -0.4 is 0 Å². The van der Waals surface area contributed by atoms with E-state index in [0.717, 1.165) is 36.0 Å². The molecule has 4 nitrogen and oxygen atoms in total. The average Bonchev–Trinajstić information content (AvgIpc) is 2.59. The minimum atomic E-state index is -0.488. The lowest BCUT2D eigenvalue weighted by atomic mass is 9.58. The molecule has 0 bridgehead atoms. The maximum absolute atomic E-state index is 12.1. The monoisotopic (exact) mass is 328 g/mol. The highest BCUT2D eigenvalue weighted by molar-refractivity contribution is 5.97. The molecule has 0 spiro atoms. The van der Waals surface area contributed by atoms with E-state index >= 15 is 0 Å². The van der Waals surface area contributed by atoms with Crippen molar-refractivity contribution in [1.82, 2.24) is 0 Å². The summed E-state index contributed by atoms with van der Waals surface area (Å²) in [5.41, 5.74) is 2.92. The molecule has 3 rings (SSSR count). The van der Waals surface area contributed by atoms with Gasteiger partial charge in [0, 0.05) is 11.8 Å². The molecule has 0 saturated heterocycles. The molecule has 1 aromatic rings. The van der Waals surface area contributed by atoms with Gasteiger partial charge in [-0.2, -0.15) is 0 Å². The zero-order valence-corrected chi connectivity index (χ0v) is 14.3. The van der Waals surface area contributed by atoms with Crippen molar-refractivity contribution in [2.24, 2.45) is 0 Å². The van der Waals surface area contributed by atoms with E-state index in [1.807, 2.05) is 19.1 Å². The molecule has 24 heavy (non-hydrogen) atoms. The van der Waals surface area contributed by atoms with Crippen molar-refractivity contribution in [2.75, 3.05) is 6.61 Å². The van der Waals surface area contributed by atoms with Crippen molar-refractivity contribution in [3.8, 4) is 0 Å². The fraction of sp³-hybridized carbons (Fsp3) is 0.500. The van der Waals surface area contributed by atoms with Crippen LogP contribution in [0.2, 0.25) is 0 Å². The third-order valence-corrected chi connectivity index (χ3v) is 5.54. The van der Waals surface area contributed by atoms with Crippen LogP contribution in [-0.4, -0.2) is 29.6 Å². The topological polar surface area (TPSA) is 63.6 Å². The van der Waals surface area contributed by atoms with Crippen LogP contribution in [0.5, 0.6) is 0 Å². The summed E-state index contributed by atoms with van der Waals surface area (Å²) in [6.45, 7) is 4.01. The lowest BCUT2D eigenvalue weighted by Gasteiger charge is -2.47. The summed E-state index contributed by atoms with van der Waals surface area (Å²) in [4.78, 5) is 24.0. The van der Waals surface area contributed by atoms with Crippen LogP contribution in [0.15, 0.2) is 35.4 Å². The lowest BCUT2D eigenvalue weighted by molar-refractivity contribution is -0.117. The van der Waals surface area contributed by atoms with Gasteiger partial charge in [-0.15, -0.1) is 0 Å². The molecular formula is C20H24O4. The zero-order valence-electron chi connectivity index (χ0n) is 14.3. The van der Waals surface area contributed by atoms with E-state index in [4.69, 9.17) is 4.74 Å². The van der Waals surface area contributed by atoms with Gasteiger partial charge < -0.3 is 9.84 Å². The number of fused-ring (bicyclic) bond motifs is 1. The van der Waals surface area contributed by atoms with Gasteiger partial charge in [0.15, 0.2) is 5.78 Å². The minimum Gasteiger partial charge on any atom is -0.462 e. The number of carbonyl (C=O) groups excluding carboxylic acids is 2. The minimum absolute atomic E-state index is 0.192. The Labute approximate surface area is 142 Å². The molecule has 2 aliphatic rings. The van der Waals surface area contributed by atoms with E-state index in [9.17, 15) is 14.7 Å². The smallest absolute Gasteiger partial charge is 0.338 e.